The van der Waals surface area contributed by atoms with Crippen molar-refractivity contribution in [2.24, 2.45) is 5.73 Å². The molecule has 0 aliphatic carbocycles. The molecule has 0 unspecified atom stereocenters. The molecule has 2 N–H and O–H groups in total. The van der Waals surface area contributed by atoms with Crippen LogP contribution >= 0.6 is 12.2 Å². The van der Waals surface area contributed by atoms with Crippen LogP contribution in [0.1, 0.15) is 5.56 Å². The standard InChI is InChI=1S/C14H20FN3OS/c1-19-13-3-2-11(8-12(13)15)9-17-4-6-18(7-5-17)10-14(16)20/h2-3,8H,4-7,9-10H2,1H3,(H2,16,20). The first-order chi connectivity index (χ1) is 9.58. The van der Waals surface area contributed by atoms with Crippen molar-refractivity contribution in [2.45, 2.75) is 6.54 Å². The minimum absolute atomic E-state index is 0.287. The Morgan fingerprint density at radius 3 is 2.50 bits per heavy atom. The molecule has 0 radical (unpaired) electrons. The van der Waals surface area contributed by atoms with E-state index in [1.54, 1.807) is 12.1 Å². The van der Waals surface area contributed by atoms with E-state index >= 15 is 0 Å². The van der Waals surface area contributed by atoms with Crippen LogP contribution in [0.15, 0.2) is 18.2 Å². The minimum Gasteiger partial charge on any atom is -0.494 e. The minimum atomic E-state index is -0.308. The maximum absolute atomic E-state index is 13.6. The number of thiocarbonyl (C=S) groups is 1. The average Bonchev–Trinajstić information content (AvgIpc) is 2.41. The molecular weight excluding hydrogens is 277 g/mol. The molecular formula is C14H20FN3OS. The van der Waals surface area contributed by atoms with Gasteiger partial charge in [-0.1, -0.05) is 18.3 Å². The molecule has 1 heterocycles. The SMILES string of the molecule is COc1ccc(CN2CCN(CC(N)=S)CC2)cc1F. The van der Waals surface area contributed by atoms with Gasteiger partial charge in [0.25, 0.3) is 0 Å². The van der Waals surface area contributed by atoms with Gasteiger partial charge in [0.05, 0.1) is 12.1 Å². The quantitative estimate of drug-likeness (QED) is 0.828. The van der Waals surface area contributed by atoms with E-state index in [-0.39, 0.29) is 11.6 Å². The first-order valence-corrected chi connectivity index (χ1v) is 7.04. The van der Waals surface area contributed by atoms with E-state index in [4.69, 9.17) is 22.7 Å². The third-order valence-electron chi connectivity index (χ3n) is 3.47. The van der Waals surface area contributed by atoms with Gasteiger partial charge in [-0.15, -0.1) is 0 Å². The van der Waals surface area contributed by atoms with Crippen LogP contribution in [0, 0.1) is 5.82 Å². The van der Waals surface area contributed by atoms with Crippen molar-refractivity contribution in [3.8, 4) is 5.75 Å². The number of ether oxygens (including phenoxy) is 1. The van der Waals surface area contributed by atoms with Gasteiger partial charge in [0, 0.05) is 39.3 Å². The summed E-state index contributed by atoms with van der Waals surface area (Å²) in [5.74, 6) is -0.0212. The lowest BCUT2D eigenvalue weighted by molar-refractivity contribution is 0.140. The highest BCUT2D eigenvalue weighted by Gasteiger charge is 2.17. The zero-order valence-electron chi connectivity index (χ0n) is 11.6. The maximum atomic E-state index is 13.6. The molecule has 1 aliphatic heterocycles. The molecule has 0 amide bonds. The van der Waals surface area contributed by atoms with Gasteiger partial charge in [-0.2, -0.15) is 0 Å². The predicted molar refractivity (Wildman–Crippen MR) is 81.5 cm³/mol. The molecule has 1 aliphatic rings. The smallest absolute Gasteiger partial charge is 0.165 e. The number of rotatable bonds is 5. The van der Waals surface area contributed by atoms with Crippen LogP contribution in [0.4, 0.5) is 4.39 Å². The zero-order chi connectivity index (χ0) is 14.5. The second-order valence-electron chi connectivity index (χ2n) is 4.99. The molecule has 20 heavy (non-hydrogen) atoms. The predicted octanol–water partition coefficient (Wildman–Crippen LogP) is 1.24. The Morgan fingerprint density at radius 2 is 1.95 bits per heavy atom. The Hall–Kier alpha value is -1.24. The van der Waals surface area contributed by atoms with Crippen LogP contribution in [0.5, 0.6) is 5.75 Å². The zero-order valence-corrected chi connectivity index (χ0v) is 12.5. The van der Waals surface area contributed by atoms with Gasteiger partial charge in [-0.05, 0) is 17.7 Å². The van der Waals surface area contributed by atoms with Crippen molar-refractivity contribution in [1.82, 2.24) is 9.80 Å². The third-order valence-corrected chi connectivity index (χ3v) is 3.60. The van der Waals surface area contributed by atoms with Gasteiger partial charge in [0.1, 0.15) is 0 Å². The van der Waals surface area contributed by atoms with Gasteiger partial charge in [0.2, 0.25) is 0 Å². The molecule has 1 saturated heterocycles. The monoisotopic (exact) mass is 297 g/mol. The van der Waals surface area contributed by atoms with Crippen molar-refractivity contribution in [2.75, 3.05) is 39.8 Å². The van der Waals surface area contributed by atoms with E-state index in [9.17, 15) is 4.39 Å². The highest BCUT2D eigenvalue weighted by Crippen LogP contribution is 2.19. The number of nitrogens with zero attached hydrogens (tertiary/aromatic N) is 2. The fourth-order valence-corrected chi connectivity index (χ4v) is 2.57. The van der Waals surface area contributed by atoms with Crippen LogP contribution in [-0.2, 0) is 6.54 Å². The second kappa shape index (κ2) is 6.97. The fraction of sp³-hybridized carbons (Fsp3) is 0.500. The van der Waals surface area contributed by atoms with Gasteiger partial charge < -0.3 is 10.5 Å². The van der Waals surface area contributed by atoms with E-state index in [1.165, 1.54) is 7.11 Å². The molecule has 0 bridgehead atoms. The van der Waals surface area contributed by atoms with Crippen LogP contribution in [0.25, 0.3) is 0 Å². The lowest BCUT2D eigenvalue weighted by atomic mass is 10.2. The number of methoxy groups -OCH3 is 1. The van der Waals surface area contributed by atoms with Crippen LogP contribution < -0.4 is 10.5 Å². The normalized spacial score (nSPS) is 17.1. The van der Waals surface area contributed by atoms with E-state index in [0.29, 0.717) is 11.5 Å². The molecule has 110 valence electrons. The molecule has 0 atom stereocenters. The largest absolute Gasteiger partial charge is 0.494 e. The van der Waals surface area contributed by atoms with Crippen molar-refractivity contribution in [3.05, 3.63) is 29.6 Å². The van der Waals surface area contributed by atoms with Crippen molar-refractivity contribution in [1.29, 1.82) is 0 Å². The first kappa shape index (κ1) is 15.2. The Labute approximate surface area is 124 Å². The van der Waals surface area contributed by atoms with Crippen LogP contribution in [0.2, 0.25) is 0 Å². The molecule has 4 nitrogen and oxygen atoms in total. The third kappa shape index (κ3) is 4.13. The van der Waals surface area contributed by atoms with Gasteiger partial charge in [0.15, 0.2) is 11.6 Å². The van der Waals surface area contributed by atoms with E-state index in [2.05, 4.69) is 9.80 Å². The summed E-state index contributed by atoms with van der Waals surface area (Å²) in [6, 6.07) is 5.12. The summed E-state index contributed by atoms with van der Waals surface area (Å²) in [6.45, 7) is 5.20. The Kier molecular flexibility index (Phi) is 5.28. The van der Waals surface area contributed by atoms with Crippen molar-refractivity contribution < 1.29 is 9.13 Å². The molecule has 1 fully saturated rings. The summed E-state index contributed by atoms with van der Waals surface area (Å²) in [6.07, 6.45) is 0. The number of hydrogen-bond donors (Lipinski definition) is 1. The summed E-state index contributed by atoms with van der Waals surface area (Å²) in [4.78, 5) is 5.08. The van der Waals surface area contributed by atoms with Crippen molar-refractivity contribution in [3.63, 3.8) is 0 Å². The highest BCUT2D eigenvalue weighted by atomic mass is 32.1. The summed E-state index contributed by atoms with van der Waals surface area (Å²) in [7, 11) is 1.47. The molecule has 0 spiro atoms. The Bertz CT molecular complexity index is 475. The number of halogens is 1. The highest BCUT2D eigenvalue weighted by molar-refractivity contribution is 7.80. The van der Waals surface area contributed by atoms with E-state index in [1.807, 2.05) is 6.07 Å². The molecule has 0 aromatic heterocycles. The first-order valence-electron chi connectivity index (χ1n) is 6.64. The molecule has 1 aromatic carbocycles. The van der Waals surface area contributed by atoms with Gasteiger partial charge in [-0.3, -0.25) is 9.80 Å². The fourth-order valence-electron chi connectivity index (χ4n) is 2.39. The second-order valence-corrected chi connectivity index (χ2v) is 5.51. The number of benzene rings is 1. The number of nitrogens with two attached hydrogens (primary N) is 1. The summed E-state index contributed by atoms with van der Waals surface area (Å²) < 4.78 is 18.6. The molecule has 1 aromatic rings. The van der Waals surface area contributed by atoms with Crippen molar-refractivity contribution >= 4 is 17.2 Å². The van der Waals surface area contributed by atoms with Gasteiger partial charge in [-0.25, -0.2) is 4.39 Å². The molecule has 2 rings (SSSR count). The van der Waals surface area contributed by atoms with Crippen LogP contribution in [-0.4, -0.2) is 54.6 Å². The van der Waals surface area contributed by atoms with E-state index in [0.717, 1.165) is 38.3 Å². The molecule has 6 heteroatoms. The van der Waals surface area contributed by atoms with Gasteiger partial charge >= 0.3 is 0 Å². The summed E-state index contributed by atoms with van der Waals surface area (Å²) in [5, 5.41) is 0. The van der Waals surface area contributed by atoms with E-state index < -0.39 is 0 Å². The summed E-state index contributed by atoms with van der Waals surface area (Å²) in [5.41, 5.74) is 6.51. The average molecular weight is 297 g/mol. The Morgan fingerprint density at radius 1 is 1.30 bits per heavy atom. The maximum Gasteiger partial charge on any atom is 0.165 e. The number of piperazine rings is 1. The Balaban J connectivity index is 1.86. The summed E-state index contributed by atoms with van der Waals surface area (Å²) >= 11 is 4.92. The topological polar surface area (TPSA) is 41.7 Å². The van der Waals surface area contributed by atoms with Crippen LogP contribution in [0.3, 0.4) is 0 Å². The lowest BCUT2D eigenvalue weighted by Crippen LogP contribution is -2.48. The molecule has 0 saturated carbocycles. The number of hydrogen-bond acceptors (Lipinski definition) is 4. The lowest BCUT2D eigenvalue weighted by Gasteiger charge is -2.34.